The first-order chi connectivity index (χ1) is 11.1. The van der Waals surface area contributed by atoms with Crippen LogP contribution in [0.1, 0.15) is 21.5 Å². The molecule has 0 amide bonds. The minimum absolute atomic E-state index is 0.000660. The number of rotatable bonds is 4. The van der Waals surface area contributed by atoms with Gasteiger partial charge in [-0.3, -0.25) is 4.79 Å². The van der Waals surface area contributed by atoms with Gasteiger partial charge in [-0.2, -0.15) is 0 Å². The summed E-state index contributed by atoms with van der Waals surface area (Å²) in [6.45, 7) is 0.598. The first-order valence-corrected chi connectivity index (χ1v) is 7.95. The highest BCUT2D eigenvalue weighted by atomic mass is 79.9. The summed E-state index contributed by atoms with van der Waals surface area (Å²) in [6, 6.07) is 17.4. The van der Waals surface area contributed by atoms with E-state index in [1.54, 1.807) is 30.3 Å². The van der Waals surface area contributed by atoms with Gasteiger partial charge >= 0.3 is 0 Å². The minimum atomic E-state index is -0.269. The van der Waals surface area contributed by atoms with Gasteiger partial charge in [-0.05, 0) is 18.2 Å². The number of halogens is 2. The highest BCUT2D eigenvalue weighted by Gasteiger charge is 2.12. The van der Waals surface area contributed by atoms with Gasteiger partial charge in [0.05, 0.1) is 0 Å². The maximum atomic E-state index is 13.1. The quantitative estimate of drug-likeness (QED) is 0.499. The van der Waals surface area contributed by atoms with E-state index in [1.807, 2.05) is 35.2 Å². The monoisotopic (exact) mass is 370 g/mol. The average molecular weight is 371 g/mol. The number of ketones is 1. The molecule has 0 unspecified atom stereocenters. The molecule has 0 aliphatic rings. The zero-order chi connectivity index (χ0) is 16.2. The molecular weight excluding hydrogens is 357 g/mol. The van der Waals surface area contributed by atoms with E-state index in [0.717, 1.165) is 10.0 Å². The van der Waals surface area contributed by atoms with Gasteiger partial charge in [-0.15, -0.1) is 0 Å². The maximum absolute atomic E-state index is 13.1. The highest BCUT2D eigenvalue weighted by Crippen LogP contribution is 2.17. The molecule has 0 radical (unpaired) electrons. The summed E-state index contributed by atoms with van der Waals surface area (Å²) in [5, 5.41) is 0. The third-order valence-electron chi connectivity index (χ3n) is 3.56. The van der Waals surface area contributed by atoms with Crippen molar-refractivity contribution < 1.29 is 13.8 Å². The molecule has 0 aliphatic carbocycles. The van der Waals surface area contributed by atoms with Crippen LogP contribution >= 0.6 is 15.9 Å². The molecule has 0 bridgehead atoms. The minimum Gasteiger partial charge on any atom is -0.289 e. The molecule has 23 heavy (non-hydrogen) atoms. The van der Waals surface area contributed by atoms with Crippen LogP contribution in [-0.4, -0.2) is 5.78 Å². The number of benzene rings is 2. The normalized spacial score (nSPS) is 10.5. The Hall–Kier alpha value is -2.33. The Balaban J connectivity index is 1.78. The van der Waals surface area contributed by atoms with Gasteiger partial charge in [-0.25, -0.2) is 8.96 Å². The van der Waals surface area contributed by atoms with E-state index < -0.39 is 0 Å². The molecule has 2 nitrogen and oxygen atoms in total. The van der Waals surface area contributed by atoms with Crippen LogP contribution in [0.15, 0.2) is 77.5 Å². The fourth-order valence-corrected chi connectivity index (χ4v) is 2.79. The summed E-state index contributed by atoms with van der Waals surface area (Å²) in [4.78, 5) is 12.3. The van der Waals surface area contributed by atoms with Crippen LogP contribution in [0, 0.1) is 5.82 Å². The Kier molecular flexibility index (Phi) is 4.63. The zero-order valence-corrected chi connectivity index (χ0v) is 13.8. The number of carbonyl (C=O) groups is 1. The lowest BCUT2D eigenvalue weighted by molar-refractivity contribution is -0.688. The van der Waals surface area contributed by atoms with Crippen LogP contribution < -0.4 is 4.57 Å². The van der Waals surface area contributed by atoms with Crippen molar-refractivity contribution in [3.8, 4) is 0 Å². The zero-order valence-electron chi connectivity index (χ0n) is 12.2. The van der Waals surface area contributed by atoms with Crippen LogP contribution in [0.5, 0.6) is 0 Å². The van der Waals surface area contributed by atoms with Crippen molar-refractivity contribution in [2.24, 2.45) is 0 Å². The molecule has 0 fully saturated rings. The van der Waals surface area contributed by atoms with Gasteiger partial charge in [0.15, 0.2) is 24.7 Å². The smallest absolute Gasteiger partial charge is 0.193 e. The third-order valence-corrected chi connectivity index (χ3v) is 4.30. The summed E-state index contributed by atoms with van der Waals surface area (Å²) >= 11 is 3.37. The number of pyridine rings is 1. The van der Waals surface area contributed by atoms with Crippen LogP contribution in [0.4, 0.5) is 4.39 Å². The number of hydrogen-bond acceptors (Lipinski definition) is 1. The molecule has 0 saturated carbocycles. The molecule has 1 aromatic heterocycles. The van der Waals surface area contributed by atoms with E-state index >= 15 is 0 Å². The molecule has 2 aromatic carbocycles. The molecule has 1 heterocycles. The largest absolute Gasteiger partial charge is 0.289 e. The van der Waals surface area contributed by atoms with Crippen LogP contribution in [0.2, 0.25) is 0 Å². The lowest BCUT2D eigenvalue weighted by atomic mass is 10.0. The van der Waals surface area contributed by atoms with Crippen molar-refractivity contribution in [1.82, 2.24) is 0 Å². The summed E-state index contributed by atoms with van der Waals surface area (Å²) in [5.74, 6) is -0.268. The number of carbonyl (C=O) groups excluding carboxylic acids is 1. The molecule has 3 aromatic rings. The summed E-state index contributed by atoms with van der Waals surface area (Å²) < 4.78 is 15.8. The molecular formula is C19H14BrFNO+. The molecule has 0 N–H and O–H groups in total. The second-order valence-corrected chi connectivity index (χ2v) is 6.04. The predicted octanol–water partition coefficient (Wildman–Crippen LogP) is 4.16. The Labute approximate surface area is 142 Å². The van der Waals surface area contributed by atoms with E-state index in [4.69, 9.17) is 0 Å². The Bertz CT molecular complexity index is 832. The lowest BCUT2D eigenvalue weighted by Gasteiger charge is -2.03. The van der Waals surface area contributed by atoms with E-state index in [9.17, 15) is 9.18 Å². The van der Waals surface area contributed by atoms with Crippen molar-refractivity contribution >= 4 is 21.7 Å². The van der Waals surface area contributed by atoms with E-state index in [1.165, 1.54) is 12.1 Å². The average Bonchev–Trinajstić information content (AvgIpc) is 2.58. The SMILES string of the molecule is O=C(c1ccccc1)c1cc[n+](Cc2ccc(F)cc2Br)cc1. The van der Waals surface area contributed by atoms with E-state index in [0.29, 0.717) is 17.7 Å². The fourth-order valence-electron chi connectivity index (χ4n) is 2.32. The predicted molar refractivity (Wildman–Crippen MR) is 89.7 cm³/mol. The van der Waals surface area contributed by atoms with Gasteiger partial charge in [0.2, 0.25) is 0 Å². The second kappa shape index (κ2) is 6.84. The lowest BCUT2D eigenvalue weighted by Crippen LogP contribution is -2.33. The maximum Gasteiger partial charge on any atom is 0.193 e. The number of hydrogen-bond donors (Lipinski definition) is 0. The topological polar surface area (TPSA) is 20.9 Å². The standard InChI is InChI=1S/C19H14BrFNO/c20-18-12-17(21)7-6-16(18)13-22-10-8-15(9-11-22)19(23)14-4-2-1-3-5-14/h1-12H,13H2/q+1. The van der Waals surface area contributed by atoms with Gasteiger partial charge in [0.25, 0.3) is 0 Å². The van der Waals surface area contributed by atoms with Crippen LogP contribution in [0.25, 0.3) is 0 Å². The summed E-state index contributed by atoms with van der Waals surface area (Å²) in [5.41, 5.74) is 2.29. The molecule has 0 aliphatic heterocycles. The number of nitrogens with zero attached hydrogens (tertiary/aromatic N) is 1. The summed E-state index contributed by atoms with van der Waals surface area (Å²) in [7, 11) is 0. The Morgan fingerprint density at radius 3 is 2.26 bits per heavy atom. The van der Waals surface area contributed by atoms with Gasteiger partial charge in [0, 0.05) is 33.3 Å². The molecule has 0 atom stereocenters. The first kappa shape index (κ1) is 15.6. The van der Waals surface area contributed by atoms with Crippen LogP contribution in [-0.2, 0) is 6.54 Å². The van der Waals surface area contributed by atoms with Crippen molar-refractivity contribution in [2.45, 2.75) is 6.54 Å². The van der Waals surface area contributed by atoms with Gasteiger partial charge in [-0.1, -0.05) is 46.3 Å². The van der Waals surface area contributed by atoms with Crippen molar-refractivity contribution in [1.29, 1.82) is 0 Å². The number of aromatic nitrogens is 1. The van der Waals surface area contributed by atoms with E-state index in [2.05, 4.69) is 15.9 Å². The summed E-state index contributed by atoms with van der Waals surface area (Å²) in [6.07, 6.45) is 3.71. The highest BCUT2D eigenvalue weighted by molar-refractivity contribution is 9.10. The molecule has 3 rings (SSSR count). The fraction of sp³-hybridized carbons (Fsp3) is 0.0526. The first-order valence-electron chi connectivity index (χ1n) is 7.16. The van der Waals surface area contributed by atoms with E-state index in [-0.39, 0.29) is 11.6 Å². The van der Waals surface area contributed by atoms with Crippen LogP contribution in [0.3, 0.4) is 0 Å². The van der Waals surface area contributed by atoms with Crippen molar-refractivity contribution in [2.75, 3.05) is 0 Å². The molecule has 4 heteroatoms. The molecule has 0 saturated heterocycles. The Morgan fingerprint density at radius 1 is 0.957 bits per heavy atom. The Morgan fingerprint density at radius 2 is 1.61 bits per heavy atom. The third kappa shape index (κ3) is 3.71. The van der Waals surface area contributed by atoms with Crippen molar-refractivity contribution in [3.05, 3.63) is 100 Å². The van der Waals surface area contributed by atoms with Crippen molar-refractivity contribution in [3.63, 3.8) is 0 Å². The second-order valence-electron chi connectivity index (χ2n) is 5.19. The van der Waals surface area contributed by atoms with Gasteiger partial charge < -0.3 is 0 Å². The molecule has 0 spiro atoms. The van der Waals surface area contributed by atoms with Gasteiger partial charge in [0.1, 0.15) is 5.82 Å². The molecule has 114 valence electrons.